The number of hydrogen-bond acceptors (Lipinski definition) is 4. The van der Waals surface area contributed by atoms with Gasteiger partial charge in [0.1, 0.15) is 6.33 Å². The summed E-state index contributed by atoms with van der Waals surface area (Å²) in [5.74, 6) is -0.611. The molecule has 1 aromatic heterocycles. The minimum atomic E-state index is -0.355. The molecule has 0 spiro atoms. The zero-order chi connectivity index (χ0) is 16.7. The van der Waals surface area contributed by atoms with Crippen LogP contribution in [0.1, 0.15) is 36.8 Å². The molecular formula is C17H18Cl2N2O2. The number of nitrogens with zero attached hydrogens (tertiary/aromatic N) is 2. The fourth-order valence-corrected chi connectivity index (χ4v) is 2.42. The molecule has 0 bridgehead atoms. The Hall–Kier alpha value is -1.65. The fraction of sp³-hybridized carbons (Fsp3) is 0.353. The van der Waals surface area contributed by atoms with Gasteiger partial charge in [0, 0.05) is 18.0 Å². The number of aryl methyl sites for hydroxylation is 1. The number of unbranched alkanes of at least 4 members (excludes halogenated alkanes) is 1. The Balaban J connectivity index is 1.69. The van der Waals surface area contributed by atoms with Gasteiger partial charge >= 0.3 is 5.97 Å². The number of ether oxygens (including phenoxy) is 1. The molecule has 1 unspecified atom stereocenters. The van der Waals surface area contributed by atoms with Gasteiger partial charge in [-0.25, -0.2) is 9.97 Å². The average molecular weight is 353 g/mol. The highest BCUT2D eigenvalue weighted by molar-refractivity contribution is 6.42. The van der Waals surface area contributed by atoms with Gasteiger partial charge in [0.05, 0.1) is 22.6 Å². The molecule has 0 amide bonds. The van der Waals surface area contributed by atoms with E-state index in [4.69, 9.17) is 27.9 Å². The first-order chi connectivity index (χ1) is 11.1. The SMILES string of the molecule is CC(C(=O)OCCCCc1ccc(Cl)c(Cl)c1)c1cncnc1. The van der Waals surface area contributed by atoms with Gasteiger partial charge in [-0.05, 0) is 43.9 Å². The molecule has 0 fully saturated rings. The van der Waals surface area contributed by atoms with E-state index in [0.29, 0.717) is 16.7 Å². The summed E-state index contributed by atoms with van der Waals surface area (Å²) in [7, 11) is 0. The van der Waals surface area contributed by atoms with Gasteiger partial charge in [-0.2, -0.15) is 0 Å². The molecular weight excluding hydrogens is 335 g/mol. The van der Waals surface area contributed by atoms with Crippen LogP contribution < -0.4 is 0 Å². The van der Waals surface area contributed by atoms with E-state index in [-0.39, 0.29) is 11.9 Å². The number of halogens is 2. The van der Waals surface area contributed by atoms with Gasteiger partial charge in [0.2, 0.25) is 0 Å². The smallest absolute Gasteiger partial charge is 0.313 e. The van der Waals surface area contributed by atoms with Crippen LogP contribution in [-0.4, -0.2) is 22.5 Å². The van der Waals surface area contributed by atoms with Crippen LogP contribution in [-0.2, 0) is 16.0 Å². The van der Waals surface area contributed by atoms with Crippen molar-refractivity contribution in [2.45, 2.75) is 32.1 Å². The quantitative estimate of drug-likeness (QED) is 0.545. The standard InChI is InChI=1S/C17H18Cl2N2O2/c1-12(14-9-20-11-21-10-14)17(22)23-7-3-2-4-13-5-6-15(18)16(19)8-13/h5-6,8-12H,2-4,7H2,1H3. The Bertz CT molecular complexity index is 650. The maximum Gasteiger partial charge on any atom is 0.313 e. The molecule has 2 aromatic rings. The molecule has 2 rings (SSSR count). The highest BCUT2D eigenvalue weighted by Crippen LogP contribution is 2.23. The van der Waals surface area contributed by atoms with E-state index in [9.17, 15) is 4.79 Å². The van der Waals surface area contributed by atoms with E-state index < -0.39 is 0 Å². The summed E-state index contributed by atoms with van der Waals surface area (Å²) in [6.07, 6.45) is 7.27. The summed E-state index contributed by atoms with van der Waals surface area (Å²) in [5, 5.41) is 1.12. The third-order valence-corrected chi connectivity index (χ3v) is 4.26. The summed E-state index contributed by atoms with van der Waals surface area (Å²) < 4.78 is 5.30. The Morgan fingerprint density at radius 2 is 1.91 bits per heavy atom. The summed E-state index contributed by atoms with van der Waals surface area (Å²) in [4.78, 5) is 19.8. The molecule has 0 N–H and O–H groups in total. The zero-order valence-corrected chi connectivity index (χ0v) is 14.3. The van der Waals surface area contributed by atoms with Crippen molar-refractivity contribution < 1.29 is 9.53 Å². The van der Waals surface area contributed by atoms with Crippen LogP contribution in [0, 0.1) is 0 Å². The first-order valence-corrected chi connectivity index (χ1v) is 8.19. The lowest BCUT2D eigenvalue weighted by Crippen LogP contribution is -2.14. The average Bonchev–Trinajstić information content (AvgIpc) is 2.57. The molecule has 1 atom stereocenters. The molecule has 0 radical (unpaired) electrons. The van der Waals surface area contributed by atoms with E-state index in [1.807, 2.05) is 12.1 Å². The van der Waals surface area contributed by atoms with E-state index >= 15 is 0 Å². The number of esters is 1. The van der Waals surface area contributed by atoms with Crippen molar-refractivity contribution in [3.63, 3.8) is 0 Å². The van der Waals surface area contributed by atoms with E-state index in [1.54, 1.807) is 25.4 Å². The van der Waals surface area contributed by atoms with Crippen LogP contribution in [0.25, 0.3) is 0 Å². The molecule has 6 heteroatoms. The molecule has 1 aromatic carbocycles. The van der Waals surface area contributed by atoms with Crippen molar-refractivity contribution in [3.8, 4) is 0 Å². The molecule has 23 heavy (non-hydrogen) atoms. The molecule has 4 nitrogen and oxygen atoms in total. The molecule has 0 saturated carbocycles. The van der Waals surface area contributed by atoms with Crippen molar-refractivity contribution in [1.29, 1.82) is 0 Å². The zero-order valence-electron chi connectivity index (χ0n) is 12.8. The Kier molecular flexibility index (Phi) is 6.81. The van der Waals surface area contributed by atoms with E-state index in [0.717, 1.165) is 30.4 Å². The highest BCUT2D eigenvalue weighted by Gasteiger charge is 2.16. The minimum Gasteiger partial charge on any atom is -0.465 e. The number of hydrogen-bond donors (Lipinski definition) is 0. The molecule has 1 heterocycles. The van der Waals surface area contributed by atoms with Crippen LogP contribution in [0.5, 0.6) is 0 Å². The van der Waals surface area contributed by atoms with Crippen molar-refractivity contribution in [3.05, 3.63) is 58.1 Å². The molecule has 0 saturated heterocycles. The second-order valence-electron chi connectivity index (χ2n) is 5.27. The second kappa shape index (κ2) is 8.85. The van der Waals surface area contributed by atoms with Gasteiger partial charge in [-0.1, -0.05) is 29.3 Å². The number of rotatable bonds is 7. The molecule has 122 valence electrons. The fourth-order valence-electron chi connectivity index (χ4n) is 2.09. The Morgan fingerprint density at radius 3 is 2.61 bits per heavy atom. The lowest BCUT2D eigenvalue weighted by Gasteiger charge is -2.11. The number of carbonyl (C=O) groups excluding carboxylic acids is 1. The predicted molar refractivity (Wildman–Crippen MR) is 90.8 cm³/mol. The topological polar surface area (TPSA) is 52.1 Å². The summed E-state index contributed by atoms with van der Waals surface area (Å²) in [5.41, 5.74) is 1.88. The lowest BCUT2D eigenvalue weighted by molar-refractivity contribution is -0.145. The third kappa shape index (κ3) is 5.48. The maximum absolute atomic E-state index is 11.9. The van der Waals surface area contributed by atoms with E-state index in [1.165, 1.54) is 6.33 Å². The lowest BCUT2D eigenvalue weighted by atomic mass is 10.1. The first-order valence-electron chi connectivity index (χ1n) is 7.43. The number of aromatic nitrogens is 2. The Labute approximate surface area is 145 Å². The van der Waals surface area contributed by atoms with Crippen molar-refractivity contribution in [2.75, 3.05) is 6.61 Å². The van der Waals surface area contributed by atoms with Gasteiger partial charge < -0.3 is 4.74 Å². The summed E-state index contributed by atoms with van der Waals surface area (Å²) in [6.45, 7) is 2.19. The van der Waals surface area contributed by atoms with Gasteiger partial charge in [0.25, 0.3) is 0 Å². The monoisotopic (exact) mass is 352 g/mol. The highest BCUT2D eigenvalue weighted by atomic mass is 35.5. The van der Waals surface area contributed by atoms with Gasteiger partial charge in [-0.15, -0.1) is 0 Å². The molecule has 0 aliphatic rings. The Morgan fingerprint density at radius 1 is 1.17 bits per heavy atom. The first kappa shape index (κ1) is 17.7. The second-order valence-corrected chi connectivity index (χ2v) is 6.08. The predicted octanol–water partition coefficient (Wildman–Crippen LogP) is 4.45. The van der Waals surface area contributed by atoms with Crippen LogP contribution in [0.4, 0.5) is 0 Å². The van der Waals surface area contributed by atoms with Crippen molar-refractivity contribution in [1.82, 2.24) is 9.97 Å². The summed E-state index contributed by atoms with van der Waals surface area (Å²) >= 11 is 11.9. The van der Waals surface area contributed by atoms with E-state index in [2.05, 4.69) is 9.97 Å². The largest absolute Gasteiger partial charge is 0.465 e. The van der Waals surface area contributed by atoms with Gasteiger partial charge in [0.15, 0.2) is 0 Å². The number of benzene rings is 1. The van der Waals surface area contributed by atoms with Crippen LogP contribution in [0.15, 0.2) is 36.9 Å². The maximum atomic E-state index is 11.9. The third-order valence-electron chi connectivity index (χ3n) is 3.52. The number of carbonyl (C=O) groups is 1. The summed E-state index contributed by atoms with van der Waals surface area (Å²) in [6, 6.07) is 5.62. The van der Waals surface area contributed by atoms with Crippen LogP contribution in [0.2, 0.25) is 10.0 Å². The minimum absolute atomic E-state index is 0.255. The van der Waals surface area contributed by atoms with Gasteiger partial charge in [-0.3, -0.25) is 4.79 Å². The van der Waals surface area contributed by atoms with Crippen LogP contribution in [0.3, 0.4) is 0 Å². The normalized spacial score (nSPS) is 12.0. The van der Waals surface area contributed by atoms with Crippen molar-refractivity contribution >= 4 is 29.2 Å². The van der Waals surface area contributed by atoms with Crippen LogP contribution >= 0.6 is 23.2 Å². The molecule has 0 aliphatic carbocycles. The molecule has 0 aliphatic heterocycles. The van der Waals surface area contributed by atoms with Crippen molar-refractivity contribution in [2.24, 2.45) is 0 Å².